The third-order valence-electron chi connectivity index (χ3n) is 5.93. The highest BCUT2D eigenvalue weighted by Gasteiger charge is 2.36. The Kier molecular flexibility index (Phi) is 8.78. The number of hydrogen-bond donors (Lipinski definition) is 2. The van der Waals surface area contributed by atoms with Crippen LogP contribution >= 0.6 is 0 Å². The Morgan fingerprint density at radius 3 is 2.26 bits per heavy atom. The number of urea groups is 1. The second-order valence-corrected chi connectivity index (χ2v) is 7.96. The monoisotopic (exact) mass is 474 g/mol. The molecule has 0 saturated carbocycles. The van der Waals surface area contributed by atoms with Crippen LogP contribution < -0.4 is 24.8 Å². The molecule has 2 aliphatic heterocycles. The van der Waals surface area contributed by atoms with Crippen molar-refractivity contribution >= 4 is 12.0 Å². The quantitative estimate of drug-likeness (QED) is 0.390. The van der Waals surface area contributed by atoms with E-state index >= 15 is 0 Å². The highest BCUT2D eigenvalue weighted by atomic mass is 16.5. The molecule has 0 spiro atoms. The molecule has 0 aromatic heterocycles. The number of esters is 1. The molecule has 2 N–H and O–H groups in total. The van der Waals surface area contributed by atoms with Crippen LogP contribution in [0.25, 0.3) is 0 Å². The maximum absolute atomic E-state index is 13.1. The van der Waals surface area contributed by atoms with Crippen molar-refractivity contribution in [1.29, 1.82) is 0 Å². The first-order chi connectivity index (χ1) is 16.4. The Labute approximate surface area is 200 Å². The molecule has 1 aromatic rings. The third kappa shape index (κ3) is 5.63. The third-order valence-corrected chi connectivity index (χ3v) is 5.93. The minimum Gasteiger partial charge on any atom is -0.496 e. The van der Waals surface area contributed by atoms with Gasteiger partial charge in [-0.25, -0.2) is 9.59 Å². The lowest BCUT2D eigenvalue weighted by Gasteiger charge is -2.36. The Balaban J connectivity index is 2.01. The van der Waals surface area contributed by atoms with Gasteiger partial charge in [-0.3, -0.25) is 9.80 Å². The molecular formula is C24H34N4O6. The average Bonchev–Trinajstić information content (AvgIpc) is 2.84. The summed E-state index contributed by atoms with van der Waals surface area (Å²) in [7, 11) is 4.57. The van der Waals surface area contributed by atoms with Crippen molar-refractivity contribution in [2.24, 2.45) is 0 Å². The number of carbonyl (C=O) groups excluding carboxylic acids is 2. The summed E-state index contributed by atoms with van der Waals surface area (Å²) in [4.78, 5) is 30.4. The van der Waals surface area contributed by atoms with Crippen LogP contribution in [0, 0.1) is 0 Å². The maximum Gasteiger partial charge on any atom is 0.338 e. The van der Waals surface area contributed by atoms with Gasteiger partial charge >= 0.3 is 12.0 Å². The molecule has 10 heteroatoms. The lowest BCUT2D eigenvalue weighted by atomic mass is 9.93. The Morgan fingerprint density at radius 1 is 1.06 bits per heavy atom. The first-order valence-corrected chi connectivity index (χ1v) is 11.3. The SMILES string of the molecule is C=CCN1CCN(CC2=C(C(=O)OCC)C(c3cc(OC)c(OC)cc3OC)NC(=O)N2)CC1. The Hall–Kier alpha value is -3.24. The molecule has 0 radical (unpaired) electrons. The van der Waals surface area contributed by atoms with Gasteiger partial charge in [0.25, 0.3) is 0 Å². The normalized spacial score (nSPS) is 19.2. The Morgan fingerprint density at radius 2 is 1.68 bits per heavy atom. The molecule has 0 bridgehead atoms. The van der Waals surface area contributed by atoms with E-state index in [2.05, 4.69) is 27.0 Å². The first kappa shape index (κ1) is 25.4. The molecule has 1 saturated heterocycles. The molecular weight excluding hydrogens is 440 g/mol. The van der Waals surface area contributed by atoms with Gasteiger partial charge < -0.3 is 29.6 Å². The molecule has 1 aromatic carbocycles. The zero-order valence-electron chi connectivity index (χ0n) is 20.3. The molecule has 0 aliphatic carbocycles. The van der Waals surface area contributed by atoms with Gasteiger partial charge in [0.1, 0.15) is 5.75 Å². The minimum absolute atomic E-state index is 0.208. The average molecular weight is 475 g/mol. The molecule has 10 nitrogen and oxygen atoms in total. The zero-order chi connectivity index (χ0) is 24.7. The van der Waals surface area contributed by atoms with Crippen molar-refractivity contribution in [2.45, 2.75) is 13.0 Å². The molecule has 2 amide bonds. The molecule has 186 valence electrons. The van der Waals surface area contributed by atoms with E-state index in [-0.39, 0.29) is 6.61 Å². The van der Waals surface area contributed by atoms with E-state index in [9.17, 15) is 9.59 Å². The number of methoxy groups -OCH3 is 3. The van der Waals surface area contributed by atoms with Crippen LogP contribution in [-0.2, 0) is 9.53 Å². The van der Waals surface area contributed by atoms with E-state index in [4.69, 9.17) is 18.9 Å². The van der Waals surface area contributed by atoms with E-state index in [1.165, 1.54) is 21.3 Å². The number of carbonyl (C=O) groups is 2. The van der Waals surface area contributed by atoms with Crippen LogP contribution in [0.15, 0.2) is 36.1 Å². The van der Waals surface area contributed by atoms with E-state index in [1.54, 1.807) is 19.1 Å². The van der Waals surface area contributed by atoms with Gasteiger partial charge in [0, 0.05) is 56.6 Å². The fraction of sp³-hybridized carbons (Fsp3) is 0.500. The number of hydrogen-bond acceptors (Lipinski definition) is 8. The largest absolute Gasteiger partial charge is 0.496 e. The van der Waals surface area contributed by atoms with Crippen LogP contribution in [0.2, 0.25) is 0 Å². The summed E-state index contributed by atoms with van der Waals surface area (Å²) in [5.74, 6) is 0.873. The number of piperazine rings is 1. The van der Waals surface area contributed by atoms with Crippen LogP contribution in [-0.4, -0.2) is 89.0 Å². The zero-order valence-corrected chi connectivity index (χ0v) is 20.3. The second-order valence-electron chi connectivity index (χ2n) is 7.96. The molecule has 34 heavy (non-hydrogen) atoms. The van der Waals surface area contributed by atoms with Crippen LogP contribution in [0.1, 0.15) is 18.5 Å². The first-order valence-electron chi connectivity index (χ1n) is 11.3. The molecule has 3 rings (SSSR count). The van der Waals surface area contributed by atoms with Crippen LogP contribution in [0.4, 0.5) is 4.79 Å². The lowest BCUT2D eigenvalue weighted by molar-refractivity contribution is -0.139. The van der Waals surface area contributed by atoms with Gasteiger partial charge in [-0.2, -0.15) is 0 Å². The summed E-state index contributed by atoms with van der Waals surface area (Å²) in [5, 5.41) is 5.69. The summed E-state index contributed by atoms with van der Waals surface area (Å²) < 4.78 is 21.8. The van der Waals surface area contributed by atoms with Crippen LogP contribution in [0.5, 0.6) is 17.2 Å². The number of ether oxygens (including phenoxy) is 4. The smallest absolute Gasteiger partial charge is 0.338 e. The van der Waals surface area contributed by atoms with Crippen molar-refractivity contribution in [2.75, 3.05) is 67.2 Å². The van der Waals surface area contributed by atoms with Gasteiger partial charge in [0.2, 0.25) is 0 Å². The number of nitrogens with one attached hydrogen (secondary N) is 2. The fourth-order valence-electron chi connectivity index (χ4n) is 4.24. The summed E-state index contributed by atoms with van der Waals surface area (Å²) in [6.45, 7) is 10.4. The van der Waals surface area contributed by atoms with Crippen molar-refractivity contribution in [3.05, 3.63) is 41.6 Å². The van der Waals surface area contributed by atoms with Crippen molar-refractivity contribution in [3.63, 3.8) is 0 Å². The van der Waals surface area contributed by atoms with E-state index in [1.807, 2.05) is 6.08 Å². The predicted octanol–water partition coefficient (Wildman–Crippen LogP) is 1.69. The molecule has 2 heterocycles. The number of nitrogens with zero attached hydrogens (tertiary/aromatic N) is 2. The summed E-state index contributed by atoms with van der Waals surface area (Å²) in [6, 6.07) is 2.18. The fourth-order valence-corrected chi connectivity index (χ4v) is 4.24. The van der Waals surface area contributed by atoms with E-state index < -0.39 is 18.0 Å². The van der Waals surface area contributed by atoms with Crippen molar-refractivity contribution in [1.82, 2.24) is 20.4 Å². The van der Waals surface area contributed by atoms with Gasteiger partial charge in [0.15, 0.2) is 11.5 Å². The standard InChI is InChI=1S/C24H34N4O6/c1-6-8-27-9-11-28(12-10-27)15-17-21(23(29)34-7-2)22(26-24(30)25-17)16-13-19(32-4)20(33-5)14-18(16)31-3/h6,13-14,22H,1,7-12,15H2,2-5H3,(H2,25,26,30). The lowest BCUT2D eigenvalue weighted by Crippen LogP contribution is -2.51. The van der Waals surface area contributed by atoms with Crippen LogP contribution in [0.3, 0.4) is 0 Å². The van der Waals surface area contributed by atoms with E-state index in [0.717, 1.165) is 32.7 Å². The molecule has 1 unspecified atom stereocenters. The summed E-state index contributed by atoms with van der Waals surface area (Å²) in [6.07, 6.45) is 1.89. The highest BCUT2D eigenvalue weighted by molar-refractivity contribution is 5.95. The number of rotatable bonds is 10. The molecule has 2 aliphatic rings. The van der Waals surface area contributed by atoms with Gasteiger partial charge in [-0.05, 0) is 13.0 Å². The van der Waals surface area contributed by atoms with Crippen molar-refractivity contribution in [3.8, 4) is 17.2 Å². The highest BCUT2D eigenvalue weighted by Crippen LogP contribution is 2.41. The van der Waals surface area contributed by atoms with Gasteiger partial charge in [-0.15, -0.1) is 6.58 Å². The molecule has 1 fully saturated rings. The predicted molar refractivity (Wildman–Crippen MR) is 127 cm³/mol. The maximum atomic E-state index is 13.1. The van der Waals surface area contributed by atoms with E-state index in [0.29, 0.717) is 40.6 Å². The van der Waals surface area contributed by atoms with Gasteiger partial charge in [0.05, 0.1) is 39.6 Å². The Bertz CT molecular complexity index is 940. The van der Waals surface area contributed by atoms with Crippen molar-refractivity contribution < 1.29 is 28.5 Å². The molecule has 1 atom stereocenters. The van der Waals surface area contributed by atoms with Gasteiger partial charge in [-0.1, -0.05) is 6.08 Å². The second kappa shape index (κ2) is 11.8. The summed E-state index contributed by atoms with van der Waals surface area (Å²) in [5.41, 5.74) is 1.41. The topological polar surface area (TPSA) is 102 Å². The minimum atomic E-state index is -0.792. The number of amides is 2. The summed E-state index contributed by atoms with van der Waals surface area (Å²) >= 11 is 0. The number of benzene rings is 1.